The molecule has 13 heavy (non-hydrogen) atoms. The average molecular weight is 218 g/mol. The quantitative estimate of drug-likeness (QED) is 0.777. The molecule has 1 atom stereocenters. The van der Waals surface area contributed by atoms with Gasteiger partial charge in [0.1, 0.15) is 5.60 Å². The van der Waals surface area contributed by atoms with Gasteiger partial charge in [-0.1, -0.05) is 11.6 Å². The molecule has 0 amide bonds. The second-order valence-corrected chi connectivity index (χ2v) is 5.34. The van der Waals surface area contributed by atoms with Gasteiger partial charge in [-0.05, 0) is 25.6 Å². The third-order valence-corrected chi connectivity index (χ3v) is 3.89. The zero-order chi connectivity index (χ0) is 9.47. The molecular weight excluding hydrogens is 206 g/mol. The van der Waals surface area contributed by atoms with Crippen molar-refractivity contribution in [3.05, 3.63) is 21.3 Å². The van der Waals surface area contributed by atoms with Crippen molar-refractivity contribution < 1.29 is 5.11 Å². The molecule has 0 aliphatic carbocycles. The average Bonchev–Trinajstić information content (AvgIpc) is 2.60. The summed E-state index contributed by atoms with van der Waals surface area (Å²) in [4.78, 5) is 3.12. The van der Waals surface area contributed by atoms with E-state index in [2.05, 4.69) is 4.90 Å². The minimum absolute atomic E-state index is 0.660. The number of thiophene rings is 1. The number of rotatable bonds is 1. The van der Waals surface area contributed by atoms with Crippen LogP contribution < -0.4 is 0 Å². The number of likely N-dealkylation sites (N-methyl/N-ethyl adjacent to an activating group) is 1. The number of nitrogens with zero attached hydrogens (tertiary/aromatic N) is 1. The van der Waals surface area contributed by atoms with Gasteiger partial charge in [0.2, 0.25) is 0 Å². The molecule has 72 valence electrons. The first-order chi connectivity index (χ1) is 6.10. The number of hydrogen-bond donors (Lipinski definition) is 1. The first-order valence-electron chi connectivity index (χ1n) is 4.27. The Hall–Kier alpha value is -0.0900. The third-order valence-electron chi connectivity index (χ3n) is 2.47. The highest BCUT2D eigenvalue weighted by Crippen LogP contribution is 2.36. The van der Waals surface area contributed by atoms with Crippen LogP contribution >= 0.6 is 22.9 Å². The number of halogens is 1. The van der Waals surface area contributed by atoms with Crippen LogP contribution in [0.15, 0.2) is 12.1 Å². The molecule has 2 rings (SSSR count). The minimum atomic E-state index is -0.660. The molecule has 1 N–H and O–H groups in total. The highest BCUT2D eigenvalue weighted by molar-refractivity contribution is 7.16. The lowest BCUT2D eigenvalue weighted by Crippen LogP contribution is -2.27. The van der Waals surface area contributed by atoms with E-state index in [1.54, 1.807) is 0 Å². The summed E-state index contributed by atoms with van der Waals surface area (Å²) in [5, 5.41) is 10.3. The van der Waals surface area contributed by atoms with E-state index in [1.165, 1.54) is 11.3 Å². The maximum atomic E-state index is 10.3. The molecule has 2 nitrogen and oxygen atoms in total. The number of β-amino-alcohol motifs (C(OH)–C–C–N with tert-alkyl or cyclic N) is 1. The maximum Gasteiger partial charge on any atom is 0.113 e. The SMILES string of the molecule is CN1CCC(O)(c2ccc(Cl)s2)C1. The Morgan fingerprint density at radius 1 is 1.62 bits per heavy atom. The molecule has 1 aromatic heterocycles. The Balaban J connectivity index is 2.25. The lowest BCUT2D eigenvalue weighted by Gasteiger charge is -2.20. The standard InChI is InChI=1S/C9H12ClNOS/c1-11-5-4-9(12,6-11)7-2-3-8(10)13-7/h2-3,12H,4-6H2,1H3. The fourth-order valence-electron chi connectivity index (χ4n) is 1.75. The number of hydrogen-bond acceptors (Lipinski definition) is 3. The normalized spacial score (nSPS) is 29.8. The molecule has 4 heteroatoms. The van der Waals surface area contributed by atoms with Gasteiger partial charge in [-0.15, -0.1) is 11.3 Å². The van der Waals surface area contributed by atoms with E-state index in [-0.39, 0.29) is 0 Å². The molecule has 1 aliphatic rings. The van der Waals surface area contributed by atoms with Crippen LogP contribution in [-0.4, -0.2) is 30.1 Å². The summed E-state index contributed by atoms with van der Waals surface area (Å²) in [6, 6.07) is 3.77. The molecule has 2 heterocycles. The second kappa shape index (κ2) is 3.24. The van der Waals surface area contributed by atoms with Crippen molar-refractivity contribution in [3.63, 3.8) is 0 Å². The van der Waals surface area contributed by atoms with E-state index in [0.717, 1.165) is 22.2 Å². The summed E-state index contributed by atoms with van der Waals surface area (Å²) in [5.74, 6) is 0. The van der Waals surface area contributed by atoms with Gasteiger partial charge in [0.15, 0.2) is 0 Å². The summed E-state index contributed by atoms with van der Waals surface area (Å²) in [6.07, 6.45) is 0.806. The van der Waals surface area contributed by atoms with E-state index in [0.29, 0.717) is 6.54 Å². The van der Waals surface area contributed by atoms with Crippen LogP contribution in [0.1, 0.15) is 11.3 Å². The van der Waals surface area contributed by atoms with Gasteiger partial charge in [0.05, 0.1) is 4.34 Å². The van der Waals surface area contributed by atoms with Crippen LogP contribution in [0.25, 0.3) is 0 Å². The summed E-state index contributed by atoms with van der Waals surface area (Å²) in [7, 11) is 2.02. The van der Waals surface area contributed by atoms with Crippen molar-refractivity contribution in [1.29, 1.82) is 0 Å². The Labute approximate surface area is 86.7 Å². The van der Waals surface area contributed by atoms with Crippen molar-refractivity contribution in [2.75, 3.05) is 20.1 Å². The van der Waals surface area contributed by atoms with E-state index >= 15 is 0 Å². The topological polar surface area (TPSA) is 23.5 Å². The van der Waals surface area contributed by atoms with Crippen LogP contribution in [0.4, 0.5) is 0 Å². The van der Waals surface area contributed by atoms with E-state index < -0.39 is 5.60 Å². The first-order valence-corrected chi connectivity index (χ1v) is 5.46. The molecule has 1 aliphatic heterocycles. The van der Waals surface area contributed by atoms with E-state index in [1.807, 2.05) is 19.2 Å². The summed E-state index contributed by atoms with van der Waals surface area (Å²) in [5.41, 5.74) is -0.660. The van der Waals surface area contributed by atoms with Crippen molar-refractivity contribution in [3.8, 4) is 0 Å². The monoisotopic (exact) mass is 217 g/mol. The second-order valence-electron chi connectivity index (χ2n) is 3.62. The van der Waals surface area contributed by atoms with Gasteiger partial charge in [0.25, 0.3) is 0 Å². The smallest absolute Gasteiger partial charge is 0.113 e. The van der Waals surface area contributed by atoms with Gasteiger partial charge in [-0.2, -0.15) is 0 Å². The molecule has 1 aromatic rings. The van der Waals surface area contributed by atoms with Gasteiger partial charge >= 0.3 is 0 Å². The molecule has 0 aromatic carbocycles. The van der Waals surface area contributed by atoms with Crippen molar-refractivity contribution >= 4 is 22.9 Å². The number of likely N-dealkylation sites (tertiary alicyclic amines) is 1. The Morgan fingerprint density at radius 3 is 2.85 bits per heavy atom. The molecule has 1 saturated heterocycles. The molecule has 0 bridgehead atoms. The van der Waals surface area contributed by atoms with Crippen molar-refractivity contribution in [2.24, 2.45) is 0 Å². The van der Waals surface area contributed by atoms with Crippen LogP contribution in [0, 0.1) is 0 Å². The molecule has 0 spiro atoms. The van der Waals surface area contributed by atoms with Crippen LogP contribution in [0.3, 0.4) is 0 Å². The van der Waals surface area contributed by atoms with Crippen molar-refractivity contribution in [2.45, 2.75) is 12.0 Å². The van der Waals surface area contributed by atoms with Crippen LogP contribution in [-0.2, 0) is 5.60 Å². The summed E-state index contributed by atoms with van der Waals surface area (Å²) < 4.78 is 0.748. The van der Waals surface area contributed by atoms with E-state index in [4.69, 9.17) is 11.6 Å². The summed E-state index contributed by atoms with van der Waals surface area (Å²) in [6.45, 7) is 1.66. The lowest BCUT2D eigenvalue weighted by atomic mass is 10.0. The molecule has 0 saturated carbocycles. The first kappa shape index (κ1) is 9.46. The fourth-order valence-corrected chi connectivity index (χ4v) is 2.90. The third kappa shape index (κ3) is 1.74. The van der Waals surface area contributed by atoms with Gasteiger partial charge < -0.3 is 10.0 Å². The number of aliphatic hydroxyl groups is 1. The Morgan fingerprint density at radius 2 is 2.38 bits per heavy atom. The van der Waals surface area contributed by atoms with Gasteiger partial charge in [0, 0.05) is 18.0 Å². The molecule has 1 fully saturated rings. The predicted molar refractivity (Wildman–Crippen MR) is 55.3 cm³/mol. The zero-order valence-electron chi connectivity index (χ0n) is 7.46. The highest BCUT2D eigenvalue weighted by atomic mass is 35.5. The van der Waals surface area contributed by atoms with Crippen molar-refractivity contribution in [1.82, 2.24) is 4.90 Å². The van der Waals surface area contributed by atoms with Crippen LogP contribution in [0.5, 0.6) is 0 Å². The van der Waals surface area contributed by atoms with Gasteiger partial charge in [-0.3, -0.25) is 0 Å². The molecule has 1 unspecified atom stereocenters. The van der Waals surface area contributed by atoms with E-state index in [9.17, 15) is 5.11 Å². The molecular formula is C9H12ClNOS. The lowest BCUT2D eigenvalue weighted by molar-refractivity contribution is 0.0526. The summed E-state index contributed by atoms with van der Waals surface area (Å²) >= 11 is 7.31. The van der Waals surface area contributed by atoms with Gasteiger partial charge in [-0.25, -0.2) is 0 Å². The zero-order valence-corrected chi connectivity index (χ0v) is 9.03. The van der Waals surface area contributed by atoms with Crippen LogP contribution in [0.2, 0.25) is 4.34 Å². The fraction of sp³-hybridized carbons (Fsp3) is 0.556. The molecule has 0 radical (unpaired) electrons. The maximum absolute atomic E-state index is 10.3. The minimum Gasteiger partial charge on any atom is -0.383 e. The predicted octanol–water partition coefficient (Wildman–Crippen LogP) is 1.92. The Kier molecular flexibility index (Phi) is 2.36. The largest absolute Gasteiger partial charge is 0.383 e. The highest BCUT2D eigenvalue weighted by Gasteiger charge is 2.37. The Bertz CT molecular complexity index is 314.